The lowest BCUT2D eigenvalue weighted by atomic mass is 10.2. The maximum Gasteiger partial charge on any atom is 0.140 e. The Labute approximate surface area is 128 Å². The van der Waals surface area contributed by atoms with Gasteiger partial charge in [0.1, 0.15) is 5.82 Å². The molecule has 106 valence electrons. The van der Waals surface area contributed by atoms with Crippen LogP contribution in [-0.2, 0) is 0 Å². The van der Waals surface area contributed by atoms with E-state index in [0.29, 0.717) is 11.1 Å². The lowest BCUT2D eigenvalue weighted by Gasteiger charge is -2.34. The summed E-state index contributed by atoms with van der Waals surface area (Å²) < 4.78 is 0.908. The first-order valence-electron chi connectivity index (χ1n) is 6.53. The van der Waals surface area contributed by atoms with Crippen molar-refractivity contribution in [2.45, 2.75) is 13.0 Å². The largest absolute Gasteiger partial charge is 0.365 e. The number of hydrogen-bond donors (Lipinski definition) is 1. The lowest BCUT2D eigenvalue weighted by molar-refractivity contribution is 0.151. The highest BCUT2D eigenvalue weighted by Crippen LogP contribution is 2.23. The van der Waals surface area contributed by atoms with Gasteiger partial charge in [-0.05, 0) is 36.0 Å². The van der Waals surface area contributed by atoms with Gasteiger partial charge in [0, 0.05) is 45.0 Å². The van der Waals surface area contributed by atoms with Gasteiger partial charge in [-0.25, -0.2) is 4.98 Å². The Balaban J connectivity index is 1.85. The van der Waals surface area contributed by atoms with Crippen molar-refractivity contribution in [1.29, 1.82) is 0 Å². The van der Waals surface area contributed by atoms with Crippen LogP contribution < -0.4 is 5.32 Å². The maximum atomic E-state index is 5.89. The molecule has 0 aliphatic carbocycles. The van der Waals surface area contributed by atoms with Gasteiger partial charge in [-0.2, -0.15) is 0 Å². The summed E-state index contributed by atoms with van der Waals surface area (Å²) in [5.41, 5.74) is 0. The minimum atomic E-state index is 0.355. The average molecular weight is 348 g/mol. The lowest BCUT2D eigenvalue weighted by Crippen LogP contribution is -2.47. The second-order valence-electron chi connectivity index (χ2n) is 5.13. The van der Waals surface area contributed by atoms with Crippen LogP contribution in [0, 0.1) is 0 Å². The number of likely N-dealkylation sites (N-methyl/N-ethyl adjacent to an activating group) is 1. The number of anilines is 1. The van der Waals surface area contributed by atoms with Gasteiger partial charge in [0.05, 0.1) is 9.50 Å². The third-order valence-electron chi connectivity index (χ3n) is 3.32. The highest BCUT2D eigenvalue weighted by molar-refractivity contribution is 9.10. The van der Waals surface area contributed by atoms with E-state index in [2.05, 4.69) is 50.0 Å². The Hall–Kier alpha value is -0.360. The molecule has 1 aliphatic heterocycles. The molecule has 0 spiro atoms. The minimum absolute atomic E-state index is 0.355. The molecule has 0 bridgehead atoms. The van der Waals surface area contributed by atoms with E-state index in [1.54, 1.807) is 6.20 Å². The Morgan fingerprint density at radius 1 is 1.42 bits per heavy atom. The van der Waals surface area contributed by atoms with Crippen molar-refractivity contribution in [3.8, 4) is 0 Å². The van der Waals surface area contributed by atoms with Crippen LogP contribution in [0.25, 0.3) is 0 Å². The molecule has 6 heteroatoms. The van der Waals surface area contributed by atoms with Gasteiger partial charge < -0.3 is 10.2 Å². The zero-order valence-electron chi connectivity index (χ0n) is 11.4. The molecule has 0 saturated carbocycles. The molecule has 1 aliphatic rings. The second kappa shape index (κ2) is 6.88. The molecule has 0 radical (unpaired) electrons. The fourth-order valence-corrected chi connectivity index (χ4v) is 2.97. The smallest absolute Gasteiger partial charge is 0.140 e. The molecule has 0 amide bonds. The van der Waals surface area contributed by atoms with Crippen molar-refractivity contribution in [3.05, 3.63) is 21.8 Å². The molecule has 0 unspecified atom stereocenters. The normalized spacial score (nSPS) is 19.4. The van der Waals surface area contributed by atoms with Crippen LogP contribution in [0.2, 0.25) is 5.02 Å². The summed E-state index contributed by atoms with van der Waals surface area (Å²) in [6.45, 7) is 7.78. The zero-order valence-corrected chi connectivity index (χ0v) is 13.7. The predicted octanol–water partition coefficient (Wildman–Crippen LogP) is 2.55. The molecule has 1 aromatic heterocycles. The molecule has 2 heterocycles. The van der Waals surface area contributed by atoms with Crippen molar-refractivity contribution in [2.24, 2.45) is 0 Å². The molecule has 1 saturated heterocycles. The van der Waals surface area contributed by atoms with E-state index in [-0.39, 0.29) is 0 Å². The molecular weight excluding hydrogens is 328 g/mol. The zero-order chi connectivity index (χ0) is 13.8. The molecule has 19 heavy (non-hydrogen) atoms. The van der Waals surface area contributed by atoms with Gasteiger partial charge in [0.2, 0.25) is 0 Å². The molecule has 4 nitrogen and oxygen atoms in total. The SMILES string of the molecule is C[C@H](CN1CCN(C)CC1)Nc1ncc(Cl)cc1Br. The Bertz CT molecular complexity index is 421. The summed E-state index contributed by atoms with van der Waals surface area (Å²) in [6, 6.07) is 2.22. The van der Waals surface area contributed by atoms with E-state index in [0.717, 1.165) is 43.0 Å². The van der Waals surface area contributed by atoms with Gasteiger partial charge in [0.15, 0.2) is 0 Å². The fraction of sp³-hybridized carbons (Fsp3) is 0.615. The van der Waals surface area contributed by atoms with Gasteiger partial charge in [-0.3, -0.25) is 4.90 Å². The van der Waals surface area contributed by atoms with Gasteiger partial charge in [-0.15, -0.1) is 0 Å². The number of piperazine rings is 1. The third kappa shape index (κ3) is 4.60. The summed E-state index contributed by atoms with van der Waals surface area (Å²) in [6.07, 6.45) is 1.66. The van der Waals surface area contributed by atoms with Crippen molar-refractivity contribution in [1.82, 2.24) is 14.8 Å². The number of aromatic nitrogens is 1. The van der Waals surface area contributed by atoms with E-state index in [1.807, 2.05) is 6.07 Å². The van der Waals surface area contributed by atoms with E-state index in [4.69, 9.17) is 11.6 Å². The minimum Gasteiger partial charge on any atom is -0.365 e. The molecule has 1 aromatic rings. The first-order chi connectivity index (χ1) is 9.04. The van der Waals surface area contributed by atoms with Crippen molar-refractivity contribution in [2.75, 3.05) is 45.1 Å². The number of nitrogens with one attached hydrogen (secondary N) is 1. The molecular formula is C13H20BrClN4. The highest BCUT2D eigenvalue weighted by Gasteiger charge is 2.16. The van der Waals surface area contributed by atoms with Crippen LogP contribution in [0.3, 0.4) is 0 Å². The van der Waals surface area contributed by atoms with E-state index >= 15 is 0 Å². The summed E-state index contributed by atoms with van der Waals surface area (Å²) in [5.74, 6) is 0.853. The van der Waals surface area contributed by atoms with Crippen LogP contribution in [0.5, 0.6) is 0 Å². The summed E-state index contributed by atoms with van der Waals surface area (Å²) in [7, 11) is 2.17. The van der Waals surface area contributed by atoms with Crippen molar-refractivity contribution < 1.29 is 0 Å². The van der Waals surface area contributed by atoms with Crippen LogP contribution in [0.1, 0.15) is 6.92 Å². The maximum absolute atomic E-state index is 5.89. The molecule has 2 rings (SSSR count). The predicted molar refractivity (Wildman–Crippen MR) is 84.0 cm³/mol. The second-order valence-corrected chi connectivity index (χ2v) is 6.42. The number of halogens is 2. The highest BCUT2D eigenvalue weighted by atomic mass is 79.9. The topological polar surface area (TPSA) is 31.4 Å². The Morgan fingerprint density at radius 2 is 2.11 bits per heavy atom. The van der Waals surface area contributed by atoms with E-state index < -0.39 is 0 Å². The number of hydrogen-bond acceptors (Lipinski definition) is 4. The molecule has 1 atom stereocenters. The summed E-state index contributed by atoms with van der Waals surface area (Å²) in [5, 5.41) is 4.07. The average Bonchev–Trinajstić information content (AvgIpc) is 2.36. The third-order valence-corrected chi connectivity index (χ3v) is 4.13. The van der Waals surface area contributed by atoms with Crippen LogP contribution in [-0.4, -0.2) is 60.6 Å². The summed E-state index contributed by atoms with van der Waals surface area (Å²) in [4.78, 5) is 9.16. The van der Waals surface area contributed by atoms with E-state index in [1.165, 1.54) is 0 Å². The Morgan fingerprint density at radius 3 is 2.74 bits per heavy atom. The standard InChI is InChI=1S/C13H20BrClN4/c1-10(9-19-5-3-18(2)4-6-19)17-13-12(14)7-11(15)8-16-13/h7-8,10H,3-6,9H2,1-2H3,(H,16,17)/t10-/m1/s1. The van der Waals surface area contributed by atoms with Crippen LogP contribution >= 0.6 is 27.5 Å². The molecule has 1 fully saturated rings. The van der Waals surface area contributed by atoms with Crippen LogP contribution in [0.15, 0.2) is 16.7 Å². The first kappa shape index (κ1) is 15.0. The molecule has 1 N–H and O–H groups in total. The fourth-order valence-electron chi connectivity index (χ4n) is 2.22. The monoisotopic (exact) mass is 346 g/mol. The molecule has 0 aromatic carbocycles. The van der Waals surface area contributed by atoms with Crippen LogP contribution in [0.4, 0.5) is 5.82 Å². The first-order valence-corrected chi connectivity index (χ1v) is 7.70. The number of rotatable bonds is 4. The van der Waals surface area contributed by atoms with Crippen molar-refractivity contribution >= 4 is 33.3 Å². The number of nitrogens with zero attached hydrogens (tertiary/aromatic N) is 3. The van der Waals surface area contributed by atoms with Gasteiger partial charge in [-0.1, -0.05) is 11.6 Å². The van der Waals surface area contributed by atoms with Crippen molar-refractivity contribution in [3.63, 3.8) is 0 Å². The van der Waals surface area contributed by atoms with Gasteiger partial charge >= 0.3 is 0 Å². The summed E-state index contributed by atoms with van der Waals surface area (Å²) >= 11 is 9.37. The number of pyridine rings is 1. The Kier molecular flexibility index (Phi) is 5.45. The van der Waals surface area contributed by atoms with E-state index in [9.17, 15) is 0 Å². The van der Waals surface area contributed by atoms with Gasteiger partial charge in [0.25, 0.3) is 0 Å². The quantitative estimate of drug-likeness (QED) is 0.907.